The Morgan fingerprint density at radius 3 is 2.82 bits per heavy atom. The molecule has 33 heavy (non-hydrogen) atoms. The Bertz CT molecular complexity index is 1420. The second kappa shape index (κ2) is 7.15. The first-order valence-corrected chi connectivity index (χ1v) is 12.4. The summed E-state index contributed by atoms with van der Waals surface area (Å²) >= 11 is 1.49. The van der Waals surface area contributed by atoms with Gasteiger partial charge in [0, 0.05) is 24.5 Å². The van der Waals surface area contributed by atoms with Crippen molar-refractivity contribution in [2.45, 2.75) is 52.6 Å². The minimum Gasteiger partial charge on any atom is -0.507 e. The van der Waals surface area contributed by atoms with Gasteiger partial charge in [0.15, 0.2) is 0 Å². The summed E-state index contributed by atoms with van der Waals surface area (Å²) in [6, 6.07) is 13.7. The quantitative estimate of drug-likeness (QED) is 0.370. The third-order valence-corrected chi connectivity index (χ3v) is 8.46. The number of phenolic OH excluding ortho intramolecular Hbond substituents is 1. The monoisotopic (exact) mass is 460 g/mol. The maximum atomic E-state index is 13.0. The summed E-state index contributed by atoms with van der Waals surface area (Å²) in [5, 5.41) is 12.2. The molecule has 2 fully saturated rings. The molecule has 6 heteroatoms. The lowest BCUT2D eigenvalue weighted by atomic mass is 9.65. The maximum absolute atomic E-state index is 13.0. The van der Waals surface area contributed by atoms with E-state index in [1.54, 1.807) is 6.07 Å². The van der Waals surface area contributed by atoms with Gasteiger partial charge in [0.05, 0.1) is 21.3 Å². The van der Waals surface area contributed by atoms with Crippen molar-refractivity contribution in [3.8, 4) is 16.3 Å². The van der Waals surface area contributed by atoms with Gasteiger partial charge in [-0.15, -0.1) is 11.3 Å². The van der Waals surface area contributed by atoms with Crippen LogP contribution in [-0.4, -0.2) is 27.6 Å². The summed E-state index contributed by atoms with van der Waals surface area (Å²) < 4.78 is 6.90. The number of phenols is 1. The van der Waals surface area contributed by atoms with Crippen molar-refractivity contribution in [1.29, 1.82) is 0 Å². The van der Waals surface area contributed by atoms with E-state index in [0.29, 0.717) is 45.1 Å². The fraction of sp³-hybridized carbons (Fsp3) is 0.407. The van der Waals surface area contributed by atoms with Crippen LogP contribution >= 0.6 is 11.3 Å². The van der Waals surface area contributed by atoms with Crippen LogP contribution in [0.3, 0.4) is 0 Å². The lowest BCUT2D eigenvalue weighted by molar-refractivity contribution is 0.126. The van der Waals surface area contributed by atoms with Crippen LogP contribution in [0.15, 0.2) is 51.7 Å². The number of aromatic nitrogens is 1. The van der Waals surface area contributed by atoms with Gasteiger partial charge in [0.1, 0.15) is 16.3 Å². The molecule has 0 radical (unpaired) electrons. The Hall–Kier alpha value is -2.70. The minimum absolute atomic E-state index is 0.184. The van der Waals surface area contributed by atoms with E-state index in [1.165, 1.54) is 24.2 Å². The first-order valence-electron chi connectivity index (χ1n) is 11.6. The molecule has 1 aliphatic heterocycles. The van der Waals surface area contributed by atoms with Crippen molar-refractivity contribution in [3.05, 3.63) is 58.4 Å². The number of benzene rings is 2. The minimum atomic E-state index is -0.415. The van der Waals surface area contributed by atoms with Crippen LogP contribution in [0, 0.1) is 10.8 Å². The van der Waals surface area contributed by atoms with Gasteiger partial charge in [-0.05, 0) is 60.4 Å². The molecule has 1 N–H and O–H groups in total. The normalized spacial score (nSPS) is 24.6. The van der Waals surface area contributed by atoms with Crippen molar-refractivity contribution in [1.82, 2.24) is 9.88 Å². The standard InChI is InChI=1S/C27H28N2O3S/c1-26(2)11-17-12-27(3,14-26)15-29(17)13-19-21(30)9-8-16-10-18(25(31)32-23(16)19)24-28-20-6-4-5-7-22(20)33-24/h4-10,17,30H,11-15H2,1-3H3/t17-,27-/m0/s1. The molecular formula is C27H28N2O3S. The van der Waals surface area contributed by atoms with Crippen molar-refractivity contribution in [2.75, 3.05) is 6.54 Å². The van der Waals surface area contributed by atoms with E-state index >= 15 is 0 Å². The predicted molar refractivity (Wildman–Crippen MR) is 133 cm³/mol. The van der Waals surface area contributed by atoms with Gasteiger partial charge in [-0.1, -0.05) is 32.9 Å². The summed E-state index contributed by atoms with van der Waals surface area (Å²) in [5.41, 5.74) is 2.73. The SMILES string of the molecule is CC1(C)C[C@H]2C[C@](C)(CN2Cc2c(O)ccc3cc(-c4nc5ccccc5s4)c(=O)oc23)C1. The fourth-order valence-electron chi connectivity index (χ4n) is 6.49. The molecule has 1 saturated heterocycles. The summed E-state index contributed by atoms with van der Waals surface area (Å²) in [6.45, 7) is 8.69. The first-order chi connectivity index (χ1) is 15.7. The van der Waals surface area contributed by atoms with E-state index in [9.17, 15) is 9.90 Å². The van der Waals surface area contributed by atoms with Crippen molar-refractivity contribution < 1.29 is 9.52 Å². The highest BCUT2D eigenvalue weighted by Gasteiger charge is 2.49. The van der Waals surface area contributed by atoms with Crippen LogP contribution in [-0.2, 0) is 6.54 Å². The van der Waals surface area contributed by atoms with Crippen LogP contribution in [0.4, 0.5) is 0 Å². The largest absolute Gasteiger partial charge is 0.507 e. The molecule has 2 aromatic heterocycles. The van der Waals surface area contributed by atoms with Crippen LogP contribution in [0.25, 0.3) is 31.8 Å². The molecule has 4 aromatic rings. The summed E-state index contributed by atoms with van der Waals surface area (Å²) in [7, 11) is 0. The highest BCUT2D eigenvalue weighted by Crippen LogP contribution is 2.53. The molecule has 2 aromatic carbocycles. The van der Waals surface area contributed by atoms with E-state index in [-0.39, 0.29) is 5.75 Å². The maximum Gasteiger partial charge on any atom is 0.346 e. The highest BCUT2D eigenvalue weighted by atomic mass is 32.1. The lowest BCUT2D eigenvalue weighted by Crippen LogP contribution is -2.34. The number of hydrogen-bond acceptors (Lipinski definition) is 6. The van der Waals surface area contributed by atoms with Gasteiger partial charge < -0.3 is 9.52 Å². The second-order valence-corrected chi connectivity index (χ2v) is 12.1. The number of fused-ring (bicyclic) bond motifs is 4. The number of nitrogens with zero attached hydrogens (tertiary/aromatic N) is 2. The van der Waals surface area contributed by atoms with Gasteiger partial charge in [-0.2, -0.15) is 0 Å². The zero-order valence-electron chi connectivity index (χ0n) is 19.2. The number of hydrogen-bond donors (Lipinski definition) is 1. The molecule has 3 heterocycles. The molecule has 0 unspecified atom stereocenters. The average Bonchev–Trinajstić information content (AvgIpc) is 3.27. The third-order valence-electron chi connectivity index (χ3n) is 7.39. The molecule has 0 amide bonds. The van der Waals surface area contributed by atoms with E-state index < -0.39 is 5.63 Å². The number of para-hydroxylation sites is 1. The third kappa shape index (κ3) is 3.56. The topological polar surface area (TPSA) is 66.6 Å². The van der Waals surface area contributed by atoms with E-state index in [0.717, 1.165) is 28.6 Å². The first kappa shape index (κ1) is 20.9. The van der Waals surface area contributed by atoms with Gasteiger partial charge in [-0.25, -0.2) is 9.78 Å². The van der Waals surface area contributed by atoms with Crippen LogP contribution in [0.2, 0.25) is 0 Å². The molecule has 170 valence electrons. The smallest absolute Gasteiger partial charge is 0.346 e. The molecule has 1 saturated carbocycles. The summed E-state index contributed by atoms with van der Waals surface area (Å²) in [6.07, 6.45) is 3.56. The number of rotatable bonds is 3. The van der Waals surface area contributed by atoms with Gasteiger partial charge in [-0.3, -0.25) is 4.90 Å². The van der Waals surface area contributed by atoms with Crippen LogP contribution in [0.1, 0.15) is 45.6 Å². The average molecular weight is 461 g/mol. The fourth-order valence-corrected chi connectivity index (χ4v) is 7.46. The van der Waals surface area contributed by atoms with Gasteiger partial charge >= 0.3 is 5.63 Å². The van der Waals surface area contributed by atoms with Crippen molar-refractivity contribution in [2.24, 2.45) is 10.8 Å². The molecule has 2 bridgehead atoms. The van der Waals surface area contributed by atoms with E-state index in [1.807, 2.05) is 36.4 Å². The molecule has 5 nitrogen and oxygen atoms in total. The van der Waals surface area contributed by atoms with Crippen molar-refractivity contribution >= 4 is 32.5 Å². The summed E-state index contributed by atoms with van der Waals surface area (Å²) in [4.78, 5) is 20.1. The zero-order chi connectivity index (χ0) is 23.0. The van der Waals surface area contributed by atoms with E-state index in [4.69, 9.17) is 4.42 Å². The Labute approximate surface area is 196 Å². The van der Waals surface area contributed by atoms with Crippen LogP contribution in [0.5, 0.6) is 5.75 Å². The molecule has 1 aliphatic carbocycles. The number of likely N-dealkylation sites (tertiary alicyclic amines) is 1. The number of thiazole rings is 1. The predicted octanol–water partition coefficient (Wildman–Crippen LogP) is 6.18. The van der Waals surface area contributed by atoms with Crippen LogP contribution < -0.4 is 5.63 Å². The Morgan fingerprint density at radius 1 is 1.18 bits per heavy atom. The lowest BCUT2D eigenvalue weighted by Gasteiger charge is -2.40. The highest BCUT2D eigenvalue weighted by molar-refractivity contribution is 7.21. The Morgan fingerprint density at radius 2 is 2.00 bits per heavy atom. The summed E-state index contributed by atoms with van der Waals surface area (Å²) in [5.74, 6) is 0.184. The molecule has 6 rings (SSSR count). The van der Waals surface area contributed by atoms with Gasteiger partial charge in [0.2, 0.25) is 0 Å². The molecular weight excluding hydrogens is 432 g/mol. The number of aromatic hydroxyl groups is 1. The Kier molecular flexibility index (Phi) is 4.52. The Balaban J connectivity index is 1.40. The zero-order valence-corrected chi connectivity index (χ0v) is 20.0. The molecule has 0 spiro atoms. The van der Waals surface area contributed by atoms with Gasteiger partial charge in [0.25, 0.3) is 0 Å². The van der Waals surface area contributed by atoms with E-state index in [2.05, 4.69) is 30.7 Å². The van der Waals surface area contributed by atoms with Crippen molar-refractivity contribution in [3.63, 3.8) is 0 Å². The second-order valence-electron chi connectivity index (χ2n) is 11.0. The molecule has 2 aliphatic rings. The molecule has 2 atom stereocenters.